The van der Waals surface area contributed by atoms with Crippen LogP contribution in [-0.4, -0.2) is 4.40 Å². The highest BCUT2D eigenvalue weighted by Crippen LogP contribution is 2.37. The number of fused-ring (bicyclic) bond motifs is 5. The Labute approximate surface area is 125 Å². The Morgan fingerprint density at radius 1 is 0.727 bits per heavy atom. The topological polar surface area (TPSA) is 47.5 Å². The fourth-order valence-corrected chi connectivity index (χ4v) is 3.58. The molecule has 0 bridgehead atoms. The second kappa shape index (κ2) is 3.77. The number of benzene rings is 3. The fourth-order valence-electron chi connectivity index (χ4n) is 3.58. The summed E-state index contributed by atoms with van der Waals surface area (Å²) in [6.45, 7) is 0. The van der Waals surface area contributed by atoms with E-state index in [2.05, 4.69) is 0 Å². The first-order valence-corrected chi connectivity index (χ1v) is 7.23. The van der Waals surface area contributed by atoms with Gasteiger partial charge in [-0.1, -0.05) is 42.5 Å². The van der Waals surface area contributed by atoms with Crippen molar-refractivity contribution in [1.29, 1.82) is 0 Å². The molecule has 0 radical (unpaired) electrons. The predicted octanol–water partition coefficient (Wildman–Crippen LogP) is 3.78. The monoisotopic (exact) mass is 284 g/mol. The van der Waals surface area contributed by atoms with Crippen molar-refractivity contribution in [2.45, 2.75) is 0 Å². The van der Waals surface area contributed by atoms with Gasteiger partial charge in [0.25, 0.3) is 5.56 Å². The molecule has 0 aliphatic carbocycles. The normalized spacial score (nSPS) is 12.0. The number of aromatic nitrogens is 1. The number of pyridine rings is 1. The number of hydrogen-bond acceptors (Lipinski definition) is 2. The van der Waals surface area contributed by atoms with Gasteiger partial charge in [0.1, 0.15) is 0 Å². The largest absolute Gasteiger partial charge is 0.398 e. The molecule has 0 atom stereocenters. The highest BCUT2D eigenvalue weighted by molar-refractivity contribution is 6.23. The van der Waals surface area contributed by atoms with E-state index in [9.17, 15) is 4.79 Å². The fraction of sp³-hybridized carbons (Fsp3) is 0. The van der Waals surface area contributed by atoms with Gasteiger partial charge in [-0.05, 0) is 23.6 Å². The Balaban J connectivity index is 2.33. The van der Waals surface area contributed by atoms with E-state index in [1.807, 2.05) is 60.7 Å². The number of para-hydroxylation sites is 1. The third kappa shape index (κ3) is 1.20. The Hall–Kier alpha value is -3.07. The molecule has 3 heteroatoms. The van der Waals surface area contributed by atoms with E-state index in [0.29, 0.717) is 5.69 Å². The van der Waals surface area contributed by atoms with Crippen molar-refractivity contribution in [1.82, 2.24) is 4.40 Å². The molecule has 0 saturated carbocycles. The van der Waals surface area contributed by atoms with E-state index in [4.69, 9.17) is 5.73 Å². The lowest BCUT2D eigenvalue weighted by molar-refractivity contribution is 1.21. The maximum atomic E-state index is 13.0. The molecule has 0 aliphatic rings. The van der Waals surface area contributed by atoms with Gasteiger partial charge >= 0.3 is 0 Å². The van der Waals surface area contributed by atoms with Crippen molar-refractivity contribution >= 4 is 43.7 Å². The molecule has 3 nitrogen and oxygen atoms in total. The molecule has 5 rings (SSSR count). The second-order valence-electron chi connectivity index (χ2n) is 5.63. The Bertz CT molecular complexity index is 1250. The maximum Gasteiger partial charge on any atom is 0.263 e. The number of hydrogen-bond donors (Lipinski definition) is 1. The molecule has 5 aromatic rings. The molecule has 0 saturated heterocycles. The van der Waals surface area contributed by atoms with E-state index in [1.54, 1.807) is 4.40 Å². The summed E-state index contributed by atoms with van der Waals surface area (Å²) in [6, 6.07) is 19.6. The van der Waals surface area contributed by atoms with Crippen LogP contribution >= 0.6 is 0 Å². The molecular weight excluding hydrogens is 272 g/mol. The summed E-state index contributed by atoms with van der Waals surface area (Å²) < 4.78 is 1.80. The lowest BCUT2D eigenvalue weighted by Gasteiger charge is -2.07. The molecule has 3 aromatic carbocycles. The van der Waals surface area contributed by atoms with Crippen molar-refractivity contribution < 1.29 is 0 Å². The number of nitrogens with two attached hydrogens (primary N) is 1. The summed E-state index contributed by atoms with van der Waals surface area (Å²) in [5.41, 5.74) is 8.78. The molecular formula is C19H12N2O. The van der Waals surface area contributed by atoms with Gasteiger partial charge in [0.15, 0.2) is 0 Å². The van der Waals surface area contributed by atoms with Crippen LogP contribution in [0.4, 0.5) is 5.69 Å². The van der Waals surface area contributed by atoms with E-state index >= 15 is 0 Å². The van der Waals surface area contributed by atoms with Crippen LogP contribution < -0.4 is 11.3 Å². The smallest absolute Gasteiger partial charge is 0.263 e. The third-order valence-electron chi connectivity index (χ3n) is 4.50. The Morgan fingerprint density at radius 2 is 1.41 bits per heavy atom. The van der Waals surface area contributed by atoms with Gasteiger partial charge in [-0.3, -0.25) is 9.20 Å². The molecule has 0 spiro atoms. The highest BCUT2D eigenvalue weighted by Gasteiger charge is 2.17. The molecule has 2 heterocycles. The summed E-state index contributed by atoms with van der Waals surface area (Å²) in [5.74, 6) is 0. The molecule has 0 fully saturated rings. The number of rotatable bonds is 0. The van der Waals surface area contributed by atoms with Crippen LogP contribution in [0.2, 0.25) is 0 Å². The van der Waals surface area contributed by atoms with Crippen molar-refractivity contribution in [3.8, 4) is 0 Å². The van der Waals surface area contributed by atoms with Crippen molar-refractivity contribution in [3.63, 3.8) is 0 Å². The maximum absolute atomic E-state index is 13.0. The number of anilines is 1. The second-order valence-corrected chi connectivity index (χ2v) is 5.63. The molecule has 104 valence electrons. The minimum Gasteiger partial charge on any atom is -0.398 e. The summed E-state index contributed by atoms with van der Waals surface area (Å²) in [5, 5.41) is 4.78. The van der Waals surface area contributed by atoms with E-state index in [1.165, 1.54) is 0 Å². The van der Waals surface area contributed by atoms with Gasteiger partial charge in [-0.25, -0.2) is 0 Å². The van der Waals surface area contributed by atoms with E-state index in [0.717, 1.165) is 38.0 Å². The molecule has 0 unspecified atom stereocenters. The van der Waals surface area contributed by atoms with Gasteiger partial charge in [-0.15, -0.1) is 0 Å². The lowest BCUT2D eigenvalue weighted by Crippen LogP contribution is -2.12. The lowest BCUT2D eigenvalue weighted by atomic mass is 10.0. The molecule has 22 heavy (non-hydrogen) atoms. The predicted molar refractivity (Wildman–Crippen MR) is 91.8 cm³/mol. The Kier molecular flexibility index (Phi) is 1.98. The number of nitrogens with zero attached hydrogens (tertiary/aromatic N) is 1. The highest BCUT2D eigenvalue weighted by atomic mass is 16.1. The summed E-state index contributed by atoms with van der Waals surface area (Å²) >= 11 is 0. The summed E-state index contributed by atoms with van der Waals surface area (Å²) in [7, 11) is 0. The van der Waals surface area contributed by atoms with E-state index in [-0.39, 0.29) is 5.56 Å². The Morgan fingerprint density at radius 3 is 2.23 bits per heavy atom. The van der Waals surface area contributed by atoms with Crippen molar-refractivity contribution in [2.75, 3.05) is 5.73 Å². The van der Waals surface area contributed by atoms with Crippen LogP contribution in [0.3, 0.4) is 0 Å². The van der Waals surface area contributed by atoms with E-state index < -0.39 is 0 Å². The van der Waals surface area contributed by atoms with Crippen molar-refractivity contribution in [2.24, 2.45) is 0 Å². The van der Waals surface area contributed by atoms with Crippen LogP contribution in [0.1, 0.15) is 0 Å². The van der Waals surface area contributed by atoms with Gasteiger partial charge in [0, 0.05) is 27.2 Å². The average Bonchev–Trinajstić information content (AvgIpc) is 2.91. The standard InChI is InChI=1S/C19H12N2O/c20-15-10-9-12-11-5-1-2-6-13(11)19(22)21-16-8-4-3-7-14(16)17(15)18(12)21/h1-10H,20H2. The first kappa shape index (κ1) is 11.6. The van der Waals surface area contributed by atoms with Gasteiger partial charge in [0.2, 0.25) is 0 Å². The quantitative estimate of drug-likeness (QED) is 0.347. The van der Waals surface area contributed by atoms with Crippen LogP contribution in [0.15, 0.2) is 65.5 Å². The van der Waals surface area contributed by atoms with Gasteiger partial charge in [0.05, 0.1) is 11.0 Å². The molecule has 0 amide bonds. The van der Waals surface area contributed by atoms with Crippen LogP contribution in [-0.2, 0) is 0 Å². The first-order chi connectivity index (χ1) is 10.8. The summed E-state index contributed by atoms with van der Waals surface area (Å²) in [6.07, 6.45) is 0. The molecule has 2 N–H and O–H groups in total. The van der Waals surface area contributed by atoms with Crippen LogP contribution in [0.5, 0.6) is 0 Å². The van der Waals surface area contributed by atoms with Crippen LogP contribution in [0, 0.1) is 0 Å². The molecule has 2 aromatic heterocycles. The van der Waals surface area contributed by atoms with Crippen LogP contribution in [0.25, 0.3) is 38.0 Å². The third-order valence-corrected chi connectivity index (χ3v) is 4.50. The molecule has 0 aliphatic heterocycles. The van der Waals surface area contributed by atoms with Gasteiger partial charge < -0.3 is 5.73 Å². The summed E-state index contributed by atoms with van der Waals surface area (Å²) in [4.78, 5) is 13.0. The SMILES string of the molecule is Nc1ccc2c3ccccc3c(=O)n3c4ccccc4c1c23. The first-order valence-electron chi connectivity index (χ1n) is 7.23. The zero-order chi connectivity index (χ0) is 14.8. The minimum atomic E-state index is 0.0138. The minimum absolute atomic E-state index is 0.0138. The zero-order valence-corrected chi connectivity index (χ0v) is 11.7. The average molecular weight is 284 g/mol. The van der Waals surface area contributed by atoms with Crippen molar-refractivity contribution in [3.05, 3.63) is 71.0 Å². The van der Waals surface area contributed by atoms with Gasteiger partial charge in [-0.2, -0.15) is 0 Å². The number of nitrogen functional groups attached to an aromatic ring is 1. The zero-order valence-electron chi connectivity index (χ0n) is 11.7.